The van der Waals surface area contributed by atoms with Gasteiger partial charge in [-0.2, -0.15) is 0 Å². The summed E-state index contributed by atoms with van der Waals surface area (Å²) in [6.45, 7) is 15.1. The molecule has 5 heteroatoms. The lowest BCUT2D eigenvalue weighted by Crippen LogP contribution is -2.68. The van der Waals surface area contributed by atoms with Crippen LogP contribution in [-0.4, -0.2) is 38.8 Å². The number of rotatable bonds is 1. The normalized spacial score (nSPS) is 55.1. The second-order valence-corrected chi connectivity index (χ2v) is 14.7. The van der Waals surface area contributed by atoms with Crippen LogP contribution in [-0.2, 0) is 9.59 Å². The molecular formula is C30H46O5. The van der Waals surface area contributed by atoms with Gasteiger partial charge in [-0.1, -0.05) is 53.2 Å². The van der Waals surface area contributed by atoms with Gasteiger partial charge in [0, 0.05) is 17.8 Å². The lowest BCUT2D eigenvalue weighted by atomic mass is 9.33. The highest BCUT2D eigenvalue weighted by molar-refractivity contribution is 5.85. The minimum Gasteiger partial charge on any atom is -0.481 e. The third-order valence-corrected chi connectivity index (χ3v) is 13.2. The Labute approximate surface area is 210 Å². The van der Waals surface area contributed by atoms with E-state index in [0.29, 0.717) is 19.3 Å². The molecule has 5 unspecified atom stereocenters. The molecule has 4 saturated carbocycles. The molecule has 5 rings (SSSR count). The number of ketones is 1. The van der Waals surface area contributed by atoms with Crippen molar-refractivity contribution in [1.29, 1.82) is 0 Å². The van der Waals surface area contributed by atoms with E-state index in [0.717, 1.165) is 32.1 Å². The van der Waals surface area contributed by atoms with Crippen LogP contribution in [0.25, 0.3) is 0 Å². The van der Waals surface area contributed by atoms with E-state index >= 15 is 0 Å². The molecule has 0 amide bonds. The Morgan fingerprint density at radius 3 is 2.26 bits per heavy atom. The Morgan fingerprint density at radius 2 is 1.63 bits per heavy atom. The largest absolute Gasteiger partial charge is 0.481 e. The summed E-state index contributed by atoms with van der Waals surface area (Å²) in [4.78, 5) is 25.9. The fourth-order valence-electron chi connectivity index (χ4n) is 10.8. The fraction of sp³-hybridized carbons (Fsp3) is 0.867. The first-order valence-electron chi connectivity index (χ1n) is 13.9. The SMILES string of the molecule is CC1CC[C@]2(C(=O)O)CC[C@]3(C)C(=CCC4[C@@]5(C)CC(=O)C(O)C(C)(C)C5CC[C@]43C)C2[C@]1(C)O. The Hall–Kier alpha value is -1.20. The van der Waals surface area contributed by atoms with Gasteiger partial charge in [0.25, 0.3) is 0 Å². The van der Waals surface area contributed by atoms with Crippen molar-refractivity contribution in [2.45, 2.75) is 112 Å². The maximum atomic E-state index is 13.1. The van der Waals surface area contributed by atoms with Crippen LogP contribution in [0.1, 0.15) is 99.8 Å². The van der Waals surface area contributed by atoms with Crippen molar-refractivity contribution in [3.05, 3.63) is 11.6 Å². The second kappa shape index (κ2) is 7.22. The van der Waals surface area contributed by atoms with Crippen LogP contribution >= 0.6 is 0 Å². The number of fused-ring (bicyclic) bond motifs is 7. The van der Waals surface area contributed by atoms with Gasteiger partial charge < -0.3 is 15.3 Å². The van der Waals surface area contributed by atoms with Crippen molar-refractivity contribution in [1.82, 2.24) is 0 Å². The molecule has 5 nitrogen and oxygen atoms in total. The number of carboxylic acid groups (broad SMARTS) is 1. The first-order chi connectivity index (χ1) is 16.0. The molecule has 0 radical (unpaired) electrons. The molecule has 0 spiro atoms. The fourth-order valence-corrected chi connectivity index (χ4v) is 10.8. The lowest BCUT2D eigenvalue weighted by molar-refractivity contribution is -0.215. The quantitative estimate of drug-likeness (QED) is 0.432. The molecule has 3 N–H and O–H groups in total. The number of aliphatic hydroxyl groups excluding tert-OH is 1. The van der Waals surface area contributed by atoms with Crippen molar-refractivity contribution in [2.75, 3.05) is 0 Å². The number of allylic oxidation sites excluding steroid dienone is 1. The average Bonchev–Trinajstić information content (AvgIpc) is 2.75. The molecule has 0 heterocycles. The lowest BCUT2D eigenvalue weighted by Gasteiger charge is -2.71. The van der Waals surface area contributed by atoms with E-state index in [1.807, 2.05) is 6.92 Å². The highest BCUT2D eigenvalue weighted by atomic mass is 16.4. The van der Waals surface area contributed by atoms with E-state index in [-0.39, 0.29) is 45.7 Å². The molecule has 0 aromatic rings. The highest BCUT2D eigenvalue weighted by Crippen LogP contribution is 2.75. The zero-order valence-corrected chi connectivity index (χ0v) is 22.8. The molecule has 4 fully saturated rings. The number of aliphatic hydroxyl groups is 2. The summed E-state index contributed by atoms with van der Waals surface area (Å²) in [6.07, 6.45) is 7.35. The molecule has 35 heavy (non-hydrogen) atoms. The van der Waals surface area contributed by atoms with Gasteiger partial charge >= 0.3 is 5.97 Å². The van der Waals surface area contributed by atoms with Crippen LogP contribution in [0.5, 0.6) is 0 Å². The first-order valence-corrected chi connectivity index (χ1v) is 13.9. The number of carboxylic acids is 1. The number of carbonyl (C=O) groups is 2. The molecule has 5 aliphatic rings. The summed E-state index contributed by atoms with van der Waals surface area (Å²) in [6, 6.07) is 0. The summed E-state index contributed by atoms with van der Waals surface area (Å²) < 4.78 is 0. The van der Waals surface area contributed by atoms with E-state index in [4.69, 9.17) is 0 Å². The van der Waals surface area contributed by atoms with Gasteiger partial charge in [-0.15, -0.1) is 0 Å². The zero-order valence-electron chi connectivity index (χ0n) is 22.8. The number of hydrogen-bond acceptors (Lipinski definition) is 4. The third kappa shape index (κ3) is 2.83. The van der Waals surface area contributed by atoms with Crippen LogP contribution in [0.15, 0.2) is 11.6 Å². The van der Waals surface area contributed by atoms with E-state index in [9.17, 15) is 24.9 Å². The highest BCUT2D eigenvalue weighted by Gasteiger charge is 2.71. The van der Waals surface area contributed by atoms with Crippen LogP contribution in [0.2, 0.25) is 0 Å². The van der Waals surface area contributed by atoms with Crippen LogP contribution in [0, 0.1) is 50.7 Å². The van der Waals surface area contributed by atoms with Crippen LogP contribution < -0.4 is 0 Å². The molecule has 0 saturated heterocycles. The maximum Gasteiger partial charge on any atom is 0.310 e. The predicted molar refractivity (Wildman–Crippen MR) is 134 cm³/mol. The van der Waals surface area contributed by atoms with E-state index < -0.39 is 28.5 Å². The van der Waals surface area contributed by atoms with Crippen molar-refractivity contribution in [3.63, 3.8) is 0 Å². The molecule has 0 aliphatic heterocycles. The van der Waals surface area contributed by atoms with E-state index in [1.54, 1.807) is 0 Å². The summed E-state index contributed by atoms with van der Waals surface area (Å²) in [5.41, 5.74) is -1.78. The summed E-state index contributed by atoms with van der Waals surface area (Å²) in [5.74, 6) is -0.588. The second-order valence-electron chi connectivity index (χ2n) is 14.7. The smallest absolute Gasteiger partial charge is 0.310 e. The molecule has 0 aromatic carbocycles. The van der Waals surface area contributed by atoms with Crippen LogP contribution in [0.3, 0.4) is 0 Å². The van der Waals surface area contributed by atoms with Gasteiger partial charge in [-0.25, -0.2) is 0 Å². The third-order valence-electron chi connectivity index (χ3n) is 13.2. The molecule has 0 aromatic heterocycles. The van der Waals surface area contributed by atoms with Crippen molar-refractivity contribution in [2.24, 2.45) is 50.7 Å². The standard InChI is InChI=1S/C30H46O5/c1-17-10-13-30(24(33)34)15-14-27(5)18(22(30)29(17,7)35)8-9-21-26(4)16-19(31)23(32)25(2,3)20(26)11-12-28(21,27)6/h8,17,20-23,32,35H,9-16H2,1-7H3,(H,33,34)/t17?,20?,21?,22?,23?,26-,27+,28+,29+,30-/m0/s1. The number of aliphatic carboxylic acids is 1. The van der Waals surface area contributed by atoms with Gasteiger partial charge in [-0.05, 0) is 85.9 Å². The molecule has 10 atom stereocenters. The van der Waals surface area contributed by atoms with Gasteiger partial charge in [0.2, 0.25) is 0 Å². The molecule has 0 bridgehead atoms. The van der Waals surface area contributed by atoms with E-state index in [1.165, 1.54) is 5.57 Å². The zero-order chi connectivity index (χ0) is 26.0. The van der Waals surface area contributed by atoms with Gasteiger partial charge in [-0.3, -0.25) is 9.59 Å². The molecule has 5 aliphatic carbocycles. The van der Waals surface area contributed by atoms with Gasteiger partial charge in [0.05, 0.1) is 11.0 Å². The van der Waals surface area contributed by atoms with Crippen molar-refractivity contribution >= 4 is 11.8 Å². The number of hydrogen-bond donors (Lipinski definition) is 3. The maximum absolute atomic E-state index is 13.1. The Bertz CT molecular complexity index is 995. The summed E-state index contributed by atoms with van der Waals surface area (Å²) >= 11 is 0. The topological polar surface area (TPSA) is 94.8 Å². The Morgan fingerprint density at radius 1 is 0.971 bits per heavy atom. The molecule has 196 valence electrons. The molecular weight excluding hydrogens is 440 g/mol. The Kier molecular flexibility index (Phi) is 5.25. The van der Waals surface area contributed by atoms with Gasteiger partial charge in [0.1, 0.15) is 6.10 Å². The Balaban J connectivity index is 1.65. The number of Topliss-reactive ketones (excluding diaryl/α,β-unsaturated/α-hetero) is 1. The first kappa shape index (κ1) is 25.4. The summed E-state index contributed by atoms with van der Waals surface area (Å²) in [5, 5.41) is 33.2. The minimum absolute atomic E-state index is 0.0319. The number of carbonyl (C=O) groups excluding carboxylic acids is 1. The summed E-state index contributed by atoms with van der Waals surface area (Å²) in [7, 11) is 0. The monoisotopic (exact) mass is 486 g/mol. The van der Waals surface area contributed by atoms with Crippen LogP contribution in [0.4, 0.5) is 0 Å². The average molecular weight is 487 g/mol. The van der Waals surface area contributed by atoms with Crippen molar-refractivity contribution in [3.8, 4) is 0 Å². The van der Waals surface area contributed by atoms with E-state index in [2.05, 4.69) is 47.6 Å². The predicted octanol–water partition coefficient (Wildman–Crippen LogP) is 5.38. The van der Waals surface area contributed by atoms with Crippen molar-refractivity contribution < 1.29 is 24.9 Å². The minimum atomic E-state index is -1.07. The van der Waals surface area contributed by atoms with Gasteiger partial charge in [0.15, 0.2) is 5.78 Å².